The Morgan fingerprint density at radius 1 is 1.15 bits per heavy atom. The van der Waals surface area contributed by atoms with Gasteiger partial charge in [0.15, 0.2) is 5.78 Å². The molecule has 0 heterocycles. The van der Waals surface area contributed by atoms with E-state index in [4.69, 9.17) is 0 Å². The van der Waals surface area contributed by atoms with Crippen LogP contribution in [0.15, 0.2) is 24.3 Å². The molecule has 0 fully saturated rings. The van der Waals surface area contributed by atoms with Gasteiger partial charge in [-0.1, -0.05) is 51.7 Å². The molecule has 112 valence electrons. The lowest BCUT2D eigenvalue weighted by Crippen LogP contribution is -2.11. The summed E-state index contributed by atoms with van der Waals surface area (Å²) in [6.45, 7) is 4.11. The van der Waals surface area contributed by atoms with Crippen molar-refractivity contribution in [3.63, 3.8) is 0 Å². The van der Waals surface area contributed by atoms with Gasteiger partial charge < -0.3 is 0 Å². The molecule has 1 rings (SSSR count). The molecule has 0 aliphatic carbocycles. The zero-order valence-corrected chi connectivity index (χ0v) is 12.0. The summed E-state index contributed by atoms with van der Waals surface area (Å²) in [5.41, 5.74) is -0.595. The van der Waals surface area contributed by atoms with E-state index in [0.29, 0.717) is 6.42 Å². The van der Waals surface area contributed by atoms with Gasteiger partial charge >= 0.3 is 6.18 Å². The summed E-state index contributed by atoms with van der Waals surface area (Å²) in [5, 5.41) is 0. The predicted octanol–water partition coefficient (Wildman–Crippen LogP) is 5.49. The van der Waals surface area contributed by atoms with Gasteiger partial charge in [-0.15, -0.1) is 0 Å². The largest absolute Gasteiger partial charge is 0.416 e. The average molecular weight is 286 g/mol. The van der Waals surface area contributed by atoms with Crippen molar-refractivity contribution in [2.45, 2.75) is 52.1 Å². The number of hydrogen-bond acceptors (Lipinski definition) is 1. The van der Waals surface area contributed by atoms with Crippen LogP contribution in [0.2, 0.25) is 0 Å². The molecule has 0 unspecified atom stereocenters. The highest BCUT2D eigenvalue weighted by atomic mass is 19.4. The number of rotatable bonds is 7. The predicted molar refractivity (Wildman–Crippen MR) is 73.7 cm³/mol. The first kappa shape index (κ1) is 16.7. The van der Waals surface area contributed by atoms with Crippen LogP contribution in [0.5, 0.6) is 0 Å². The lowest BCUT2D eigenvalue weighted by Gasteiger charge is -2.14. The van der Waals surface area contributed by atoms with Gasteiger partial charge in [0, 0.05) is 12.0 Å². The standard InChI is InChI=1S/C16H21F3O/c1-3-6-12(7-4-2)10-15(20)13-8-5-9-14(11-13)16(17,18)19/h5,8-9,11-12H,3-4,6-7,10H2,1-2H3. The maximum atomic E-state index is 12.6. The molecule has 1 nitrogen and oxygen atoms in total. The molecule has 0 amide bonds. The van der Waals surface area contributed by atoms with Crippen molar-refractivity contribution >= 4 is 5.78 Å². The number of carbonyl (C=O) groups excluding carboxylic acids is 1. The zero-order valence-electron chi connectivity index (χ0n) is 12.0. The van der Waals surface area contributed by atoms with Gasteiger partial charge in [0.25, 0.3) is 0 Å². The number of alkyl halides is 3. The molecule has 0 spiro atoms. The van der Waals surface area contributed by atoms with E-state index < -0.39 is 11.7 Å². The van der Waals surface area contributed by atoms with Crippen molar-refractivity contribution in [3.8, 4) is 0 Å². The van der Waals surface area contributed by atoms with Crippen LogP contribution in [0.1, 0.15) is 61.9 Å². The minimum Gasteiger partial charge on any atom is -0.294 e. The van der Waals surface area contributed by atoms with Gasteiger partial charge in [0.2, 0.25) is 0 Å². The van der Waals surface area contributed by atoms with E-state index in [1.165, 1.54) is 12.1 Å². The van der Waals surface area contributed by atoms with Crippen LogP contribution >= 0.6 is 0 Å². The maximum absolute atomic E-state index is 12.6. The van der Waals surface area contributed by atoms with Crippen LogP contribution in [0.3, 0.4) is 0 Å². The Labute approximate surface area is 118 Å². The zero-order chi connectivity index (χ0) is 15.2. The summed E-state index contributed by atoms with van der Waals surface area (Å²) in [4.78, 5) is 12.1. The molecule has 0 aliphatic rings. The first-order valence-corrected chi connectivity index (χ1v) is 7.08. The highest BCUT2D eigenvalue weighted by Gasteiger charge is 2.31. The van der Waals surface area contributed by atoms with E-state index in [1.54, 1.807) is 0 Å². The quantitative estimate of drug-likeness (QED) is 0.605. The van der Waals surface area contributed by atoms with Crippen molar-refractivity contribution in [2.75, 3.05) is 0 Å². The fraction of sp³-hybridized carbons (Fsp3) is 0.562. The fourth-order valence-corrected chi connectivity index (χ4v) is 2.41. The van der Waals surface area contributed by atoms with Crippen LogP contribution in [0.4, 0.5) is 13.2 Å². The second kappa shape index (κ2) is 7.46. The molecular formula is C16H21F3O. The Morgan fingerprint density at radius 2 is 1.75 bits per heavy atom. The SMILES string of the molecule is CCCC(CCC)CC(=O)c1cccc(C(F)(F)F)c1. The maximum Gasteiger partial charge on any atom is 0.416 e. The minimum atomic E-state index is -4.40. The van der Waals surface area contributed by atoms with Gasteiger partial charge in [-0.3, -0.25) is 4.79 Å². The molecule has 1 aromatic carbocycles. The van der Waals surface area contributed by atoms with Gasteiger partial charge in [-0.25, -0.2) is 0 Å². The molecular weight excluding hydrogens is 265 g/mol. The Morgan fingerprint density at radius 3 is 2.25 bits per heavy atom. The summed E-state index contributed by atoms with van der Waals surface area (Å²) in [6, 6.07) is 4.71. The molecule has 1 aromatic rings. The normalized spacial score (nSPS) is 11.9. The highest BCUT2D eigenvalue weighted by Crippen LogP contribution is 2.30. The van der Waals surface area contributed by atoms with Crippen molar-refractivity contribution < 1.29 is 18.0 Å². The molecule has 20 heavy (non-hydrogen) atoms. The lowest BCUT2D eigenvalue weighted by molar-refractivity contribution is -0.137. The van der Waals surface area contributed by atoms with Gasteiger partial charge in [-0.2, -0.15) is 13.2 Å². The molecule has 0 aliphatic heterocycles. The lowest BCUT2D eigenvalue weighted by atomic mass is 9.90. The second-order valence-corrected chi connectivity index (χ2v) is 5.15. The average Bonchev–Trinajstić information content (AvgIpc) is 2.38. The number of Topliss-reactive ketones (excluding diaryl/α,β-unsaturated/α-hetero) is 1. The number of benzene rings is 1. The third-order valence-electron chi connectivity index (χ3n) is 3.38. The van der Waals surface area contributed by atoms with Crippen LogP contribution < -0.4 is 0 Å². The molecule has 0 radical (unpaired) electrons. The summed E-state index contributed by atoms with van der Waals surface area (Å²) in [7, 11) is 0. The van der Waals surface area contributed by atoms with Gasteiger partial charge in [0.1, 0.15) is 0 Å². The first-order chi connectivity index (χ1) is 9.38. The summed E-state index contributed by atoms with van der Waals surface area (Å²) in [6.07, 6.45) is -0.205. The minimum absolute atomic E-state index is 0.164. The van der Waals surface area contributed by atoms with Crippen molar-refractivity contribution in [1.82, 2.24) is 0 Å². The van der Waals surface area contributed by atoms with E-state index in [1.807, 2.05) is 0 Å². The first-order valence-electron chi connectivity index (χ1n) is 7.08. The molecule has 0 atom stereocenters. The Bertz CT molecular complexity index is 432. The van der Waals surface area contributed by atoms with Crippen LogP contribution in [-0.2, 0) is 6.18 Å². The van der Waals surface area contributed by atoms with E-state index in [2.05, 4.69) is 13.8 Å². The Hall–Kier alpha value is -1.32. The van der Waals surface area contributed by atoms with Crippen LogP contribution in [0, 0.1) is 5.92 Å². The molecule has 4 heteroatoms. The summed E-state index contributed by atoms with van der Waals surface area (Å²) >= 11 is 0. The number of carbonyl (C=O) groups is 1. The number of hydrogen-bond donors (Lipinski definition) is 0. The van der Waals surface area contributed by atoms with Crippen molar-refractivity contribution in [3.05, 3.63) is 35.4 Å². The molecule has 0 saturated heterocycles. The molecule has 0 bridgehead atoms. The molecule has 0 N–H and O–H groups in total. The number of halogens is 3. The second-order valence-electron chi connectivity index (χ2n) is 5.15. The summed E-state index contributed by atoms with van der Waals surface area (Å²) in [5.74, 6) is 0.0787. The number of ketones is 1. The van der Waals surface area contributed by atoms with E-state index in [-0.39, 0.29) is 17.3 Å². The molecule has 0 aromatic heterocycles. The third-order valence-corrected chi connectivity index (χ3v) is 3.38. The van der Waals surface area contributed by atoms with Gasteiger partial charge in [-0.05, 0) is 18.1 Å². The van der Waals surface area contributed by atoms with E-state index in [9.17, 15) is 18.0 Å². The van der Waals surface area contributed by atoms with Crippen molar-refractivity contribution in [1.29, 1.82) is 0 Å². The topological polar surface area (TPSA) is 17.1 Å². The van der Waals surface area contributed by atoms with Crippen LogP contribution in [-0.4, -0.2) is 5.78 Å². The van der Waals surface area contributed by atoms with E-state index >= 15 is 0 Å². The fourth-order valence-electron chi connectivity index (χ4n) is 2.41. The Balaban J connectivity index is 2.81. The summed E-state index contributed by atoms with van der Waals surface area (Å²) < 4.78 is 37.9. The Kier molecular flexibility index (Phi) is 6.24. The monoisotopic (exact) mass is 286 g/mol. The van der Waals surface area contributed by atoms with Crippen molar-refractivity contribution in [2.24, 2.45) is 5.92 Å². The van der Waals surface area contributed by atoms with Crippen LogP contribution in [0.25, 0.3) is 0 Å². The highest BCUT2D eigenvalue weighted by molar-refractivity contribution is 5.96. The smallest absolute Gasteiger partial charge is 0.294 e. The van der Waals surface area contributed by atoms with Gasteiger partial charge in [0.05, 0.1) is 5.56 Å². The molecule has 0 saturated carbocycles. The van der Waals surface area contributed by atoms with E-state index in [0.717, 1.165) is 37.8 Å². The third kappa shape index (κ3) is 4.99.